The highest BCUT2D eigenvalue weighted by Gasteiger charge is 2.32. The predicted molar refractivity (Wildman–Crippen MR) is 109 cm³/mol. The average Bonchev–Trinajstić information content (AvgIpc) is 2.64. The molecule has 1 N–H and O–H groups in total. The lowest BCUT2D eigenvalue weighted by Gasteiger charge is -2.31. The molecule has 1 aliphatic rings. The number of hydrogen-bond donors (Lipinski definition) is 1. The number of carbonyl (C=O) groups is 1. The number of pyridine rings is 2. The Balaban J connectivity index is 2.21. The van der Waals surface area contributed by atoms with E-state index in [4.69, 9.17) is 16.3 Å². The van der Waals surface area contributed by atoms with Crippen molar-refractivity contribution in [3.8, 4) is 17.1 Å². The van der Waals surface area contributed by atoms with Crippen LogP contribution in [0.5, 0.6) is 5.75 Å². The third kappa shape index (κ3) is 3.53. The monoisotopic (exact) mass is 404 g/mol. The van der Waals surface area contributed by atoms with Crippen molar-refractivity contribution < 1.29 is 14.6 Å². The summed E-state index contributed by atoms with van der Waals surface area (Å²) in [4.78, 5) is 28.7. The molecule has 0 fully saturated rings. The zero-order valence-electron chi connectivity index (χ0n) is 16.6. The third-order valence-electron chi connectivity index (χ3n) is 5.32. The van der Waals surface area contributed by atoms with E-state index in [9.17, 15) is 14.7 Å². The number of carboxylic acid groups (broad SMARTS) is 1. The molecule has 1 atom stereocenters. The first-order valence-corrected chi connectivity index (χ1v) is 9.93. The molecule has 0 aliphatic heterocycles. The van der Waals surface area contributed by atoms with E-state index in [2.05, 4.69) is 25.8 Å². The summed E-state index contributed by atoms with van der Waals surface area (Å²) >= 11 is 6.36. The lowest BCUT2D eigenvalue weighted by atomic mass is 9.77. The maximum atomic E-state index is 12.6. The van der Waals surface area contributed by atoms with Gasteiger partial charge in [0.1, 0.15) is 5.56 Å². The first kappa shape index (κ1) is 20.4. The molecular formula is C21H25ClN2O4. The quantitative estimate of drug-likeness (QED) is 0.574. The lowest BCUT2D eigenvalue weighted by molar-refractivity contribution is 0.0694. The van der Waals surface area contributed by atoms with Crippen LogP contribution in [0.1, 0.15) is 61.0 Å². The van der Waals surface area contributed by atoms with Crippen molar-refractivity contribution in [2.75, 3.05) is 6.61 Å². The fourth-order valence-corrected chi connectivity index (χ4v) is 3.93. The van der Waals surface area contributed by atoms with E-state index in [0.29, 0.717) is 30.2 Å². The number of fused-ring (bicyclic) bond motifs is 3. The molecule has 1 aliphatic carbocycles. The van der Waals surface area contributed by atoms with E-state index < -0.39 is 11.5 Å². The number of aromatic carboxylic acids is 1. The van der Waals surface area contributed by atoms with Gasteiger partial charge >= 0.3 is 5.97 Å². The standard InChI is InChI=1S/C21H25ClN2O4/c1-5-6-7-28-16-9-12-8-13(11(2)3)14-10-15(21(26)27)20(25)24(4)18(14)17(12)23-19(16)22/h9-11,13H,5-8H2,1-4H3,(H,26,27). The van der Waals surface area contributed by atoms with Gasteiger partial charge in [0.15, 0.2) is 10.9 Å². The zero-order valence-corrected chi connectivity index (χ0v) is 17.3. The molecule has 7 heteroatoms. The van der Waals surface area contributed by atoms with Crippen LogP contribution in [-0.2, 0) is 13.5 Å². The maximum absolute atomic E-state index is 12.6. The molecule has 0 saturated carbocycles. The summed E-state index contributed by atoms with van der Waals surface area (Å²) < 4.78 is 7.17. The van der Waals surface area contributed by atoms with Crippen molar-refractivity contribution >= 4 is 17.6 Å². The van der Waals surface area contributed by atoms with Gasteiger partial charge in [0.05, 0.1) is 18.0 Å². The molecule has 0 bridgehead atoms. The Bertz CT molecular complexity index is 981. The summed E-state index contributed by atoms with van der Waals surface area (Å²) in [6.07, 6.45) is 2.63. The van der Waals surface area contributed by atoms with Gasteiger partial charge in [0, 0.05) is 7.05 Å². The van der Waals surface area contributed by atoms with Gasteiger partial charge < -0.3 is 14.4 Å². The highest BCUT2D eigenvalue weighted by atomic mass is 35.5. The molecule has 0 radical (unpaired) electrons. The third-order valence-corrected chi connectivity index (χ3v) is 5.59. The number of aromatic nitrogens is 2. The minimum absolute atomic E-state index is 0.0684. The fraction of sp³-hybridized carbons (Fsp3) is 0.476. The predicted octanol–water partition coefficient (Wildman–Crippen LogP) is 4.27. The van der Waals surface area contributed by atoms with Crippen molar-refractivity contribution in [1.29, 1.82) is 0 Å². The van der Waals surface area contributed by atoms with Gasteiger partial charge in [-0.1, -0.05) is 38.8 Å². The number of hydrogen-bond acceptors (Lipinski definition) is 4. The molecule has 2 aromatic heterocycles. The molecule has 150 valence electrons. The Labute approximate surface area is 169 Å². The SMILES string of the molecule is CCCCOc1cc2c(nc1Cl)-c1c(cc(C(=O)O)c(=O)n1C)C(C(C)C)C2. The van der Waals surface area contributed by atoms with Crippen molar-refractivity contribution in [3.63, 3.8) is 0 Å². The van der Waals surface area contributed by atoms with Crippen LogP contribution >= 0.6 is 11.6 Å². The van der Waals surface area contributed by atoms with Crippen LogP contribution in [-0.4, -0.2) is 27.2 Å². The second kappa shape index (κ2) is 7.95. The van der Waals surface area contributed by atoms with E-state index in [1.165, 1.54) is 10.6 Å². The Morgan fingerprint density at radius 3 is 2.75 bits per heavy atom. The maximum Gasteiger partial charge on any atom is 0.341 e. The molecule has 6 nitrogen and oxygen atoms in total. The molecule has 0 aromatic carbocycles. The van der Waals surface area contributed by atoms with Gasteiger partial charge in [-0.15, -0.1) is 0 Å². The molecule has 2 aromatic rings. The summed E-state index contributed by atoms with van der Waals surface area (Å²) in [5.41, 5.74) is 2.27. The van der Waals surface area contributed by atoms with E-state index in [0.717, 1.165) is 24.0 Å². The van der Waals surface area contributed by atoms with Crippen molar-refractivity contribution in [2.45, 2.75) is 46.0 Å². The average molecular weight is 405 g/mol. The van der Waals surface area contributed by atoms with Crippen molar-refractivity contribution in [3.05, 3.63) is 44.3 Å². The van der Waals surface area contributed by atoms with Crippen molar-refractivity contribution in [2.24, 2.45) is 13.0 Å². The zero-order chi connectivity index (χ0) is 20.6. The largest absolute Gasteiger partial charge is 0.490 e. The molecule has 28 heavy (non-hydrogen) atoms. The van der Waals surface area contributed by atoms with E-state index in [1.54, 1.807) is 7.05 Å². The highest BCUT2D eigenvalue weighted by Crippen LogP contribution is 2.43. The number of nitrogens with zero attached hydrogens (tertiary/aromatic N) is 2. The summed E-state index contributed by atoms with van der Waals surface area (Å²) in [6, 6.07) is 3.42. The van der Waals surface area contributed by atoms with Crippen LogP contribution < -0.4 is 10.3 Å². The Morgan fingerprint density at radius 2 is 2.14 bits per heavy atom. The normalized spacial score (nSPS) is 15.3. The molecule has 0 amide bonds. The smallest absolute Gasteiger partial charge is 0.341 e. The van der Waals surface area contributed by atoms with Gasteiger partial charge in [-0.3, -0.25) is 4.79 Å². The molecule has 3 rings (SSSR count). The van der Waals surface area contributed by atoms with Gasteiger partial charge in [-0.25, -0.2) is 9.78 Å². The summed E-state index contributed by atoms with van der Waals surface area (Å²) in [5.74, 6) is -0.348. The Hall–Kier alpha value is -2.34. The van der Waals surface area contributed by atoms with Crippen molar-refractivity contribution in [1.82, 2.24) is 9.55 Å². The Morgan fingerprint density at radius 1 is 1.43 bits per heavy atom. The number of carboxylic acids is 1. The van der Waals surface area contributed by atoms with Crippen LogP contribution in [0, 0.1) is 5.92 Å². The molecule has 1 unspecified atom stereocenters. The summed E-state index contributed by atoms with van der Waals surface area (Å²) in [7, 11) is 1.58. The number of rotatable bonds is 6. The second-order valence-electron chi connectivity index (χ2n) is 7.57. The second-order valence-corrected chi connectivity index (χ2v) is 7.93. The van der Waals surface area contributed by atoms with Crippen LogP contribution in [0.4, 0.5) is 0 Å². The van der Waals surface area contributed by atoms with Crippen LogP contribution in [0.2, 0.25) is 5.15 Å². The number of ether oxygens (including phenoxy) is 1. The number of halogens is 1. The minimum Gasteiger partial charge on any atom is -0.490 e. The minimum atomic E-state index is -1.22. The molecule has 2 heterocycles. The summed E-state index contributed by atoms with van der Waals surface area (Å²) in [5, 5.41) is 9.68. The van der Waals surface area contributed by atoms with Gasteiger partial charge in [-0.2, -0.15) is 0 Å². The topological polar surface area (TPSA) is 81.4 Å². The number of unbranched alkanes of at least 4 members (excludes halogenated alkanes) is 1. The van der Waals surface area contributed by atoms with Gasteiger partial charge in [0.2, 0.25) is 0 Å². The van der Waals surface area contributed by atoms with Gasteiger partial charge in [-0.05, 0) is 47.9 Å². The van der Waals surface area contributed by atoms with E-state index in [-0.39, 0.29) is 22.6 Å². The van der Waals surface area contributed by atoms with Gasteiger partial charge in [0.25, 0.3) is 5.56 Å². The lowest BCUT2D eigenvalue weighted by Crippen LogP contribution is -2.30. The fourth-order valence-electron chi connectivity index (χ4n) is 3.73. The first-order valence-electron chi connectivity index (χ1n) is 9.56. The van der Waals surface area contributed by atoms with Crippen LogP contribution in [0.25, 0.3) is 11.4 Å². The first-order chi connectivity index (χ1) is 13.3. The van der Waals surface area contributed by atoms with E-state index >= 15 is 0 Å². The van der Waals surface area contributed by atoms with Crippen LogP contribution in [0.3, 0.4) is 0 Å². The molecule has 0 spiro atoms. The van der Waals surface area contributed by atoms with Crippen LogP contribution in [0.15, 0.2) is 16.9 Å². The van der Waals surface area contributed by atoms with E-state index in [1.807, 2.05) is 6.07 Å². The highest BCUT2D eigenvalue weighted by molar-refractivity contribution is 6.31. The molecular weight excluding hydrogens is 380 g/mol. The summed E-state index contributed by atoms with van der Waals surface area (Å²) in [6.45, 7) is 6.84. The Kier molecular flexibility index (Phi) is 5.79. The molecule has 0 saturated heterocycles.